The topological polar surface area (TPSA) is 49.4 Å². The summed E-state index contributed by atoms with van der Waals surface area (Å²) in [6.45, 7) is 3.63. The second-order valence-corrected chi connectivity index (χ2v) is 3.43. The molecule has 6 heteroatoms. The maximum atomic E-state index is 11.3. The highest BCUT2D eigenvalue weighted by atomic mass is 16.2. The molecule has 0 spiro atoms. The van der Waals surface area contributed by atoms with Gasteiger partial charge in [0.1, 0.15) is 0 Å². The number of imide groups is 1. The van der Waals surface area contributed by atoms with Gasteiger partial charge in [0, 0.05) is 0 Å². The average molecular weight is 166 g/mol. The third-order valence-electron chi connectivity index (χ3n) is 2.22. The first-order valence-electron chi connectivity index (χ1n) is 4.04. The second kappa shape index (κ2) is 2.94. The smallest absolute Gasteiger partial charge is 0.211 e. The van der Waals surface area contributed by atoms with Crippen molar-refractivity contribution in [2.45, 2.75) is 19.5 Å². The quantitative estimate of drug-likeness (QED) is 0.550. The van der Waals surface area contributed by atoms with E-state index in [-0.39, 0.29) is 11.6 Å². The number of nitrogens with one attached hydrogen (secondary N) is 1. The van der Waals surface area contributed by atoms with Crippen molar-refractivity contribution in [3.05, 3.63) is 0 Å². The Kier molecular flexibility index (Phi) is 2.28. The van der Waals surface area contributed by atoms with Crippen LogP contribution in [0.15, 0.2) is 0 Å². The summed E-state index contributed by atoms with van der Waals surface area (Å²) >= 11 is 0. The standard InChI is InChI=1S/C6H12B2N2O2/c1-6(2,9-3)10-4(11)7-8-5(10)12/h7-9H,1-3H3. The number of carbonyl (C=O) groups excluding carboxylic acids is 2. The van der Waals surface area contributed by atoms with Crippen LogP contribution in [0, 0.1) is 0 Å². The zero-order valence-electron chi connectivity index (χ0n) is 7.68. The molecule has 0 aromatic carbocycles. The number of hydrogen-bond donors (Lipinski definition) is 1. The Bertz CT molecular complexity index is 214. The third-order valence-corrected chi connectivity index (χ3v) is 2.22. The van der Waals surface area contributed by atoms with Crippen LogP contribution < -0.4 is 5.32 Å². The first-order chi connectivity index (χ1) is 5.49. The van der Waals surface area contributed by atoms with E-state index in [0.717, 1.165) is 0 Å². The van der Waals surface area contributed by atoms with Crippen LogP contribution in [0.3, 0.4) is 0 Å². The molecule has 0 saturated carbocycles. The fourth-order valence-corrected chi connectivity index (χ4v) is 1.31. The molecule has 0 bridgehead atoms. The lowest BCUT2D eigenvalue weighted by Gasteiger charge is -2.34. The highest BCUT2D eigenvalue weighted by molar-refractivity contribution is 7.30. The number of carbonyl (C=O) groups is 2. The lowest BCUT2D eigenvalue weighted by Crippen LogP contribution is -2.55. The molecule has 0 atom stereocenters. The van der Waals surface area contributed by atoms with Crippen LogP contribution in [0.2, 0.25) is 0 Å². The van der Waals surface area contributed by atoms with Gasteiger partial charge >= 0.3 is 0 Å². The van der Waals surface area contributed by atoms with E-state index in [1.165, 1.54) is 4.90 Å². The van der Waals surface area contributed by atoms with Crippen LogP contribution in [-0.4, -0.2) is 43.6 Å². The van der Waals surface area contributed by atoms with Crippen LogP contribution in [0.4, 0.5) is 9.59 Å². The Balaban J connectivity index is 2.86. The maximum Gasteiger partial charge on any atom is 0.211 e. The predicted molar refractivity (Wildman–Crippen MR) is 50.1 cm³/mol. The molecule has 0 radical (unpaired) electrons. The van der Waals surface area contributed by atoms with E-state index < -0.39 is 5.66 Å². The van der Waals surface area contributed by atoms with Crippen molar-refractivity contribution in [1.82, 2.24) is 10.2 Å². The minimum absolute atomic E-state index is 0.0839. The van der Waals surface area contributed by atoms with E-state index in [2.05, 4.69) is 5.32 Å². The molecule has 1 fully saturated rings. The van der Waals surface area contributed by atoms with Crippen LogP contribution >= 0.6 is 0 Å². The number of nitrogens with zero attached hydrogens (tertiary/aromatic N) is 1. The van der Waals surface area contributed by atoms with E-state index in [9.17, 15) is 9.59 Å². The van der Waals surface area contributed by atoms with Crippen molar-refractivity contribution in [3.63, 3.8) is 0 Å². The van der Waals surface area contributed by atoms with Gasteiger partial charge in [-0.05, 0) is 20.9 Å². The molecule has 1 rings (SSSR count). The van der Waals surface area contributed by atoms with Gasteiger partial charge in [0.2, 0.25) is 14.3 Å². The van der Waals surface area contributed by atoms with Crippen molar-refractivity contribution in [3.8, 4) is 0 Å². The zero-order valence-corrected chi connectivity index (χ0v) is 7.68. The molecule has 1 aliphatic rings. The number of hydrogen-bond acceptors (Lipinski definition) is 3. The lowest BCUT2D eigenvalue weighted by molar-refractivity contribution is 0.158. The normalized spacial score (nSPS) is 17.8. The van der Waals surface area contributed by atoms with Gasteiger partial charge in [-0.3, -0.25) is 19.8 Å². The molecular weight excluding hydrogens is 154 g/mol. The van der Waals surface area contributed by atoms with Gasteiger partial charge in [-0.1, -0.05) is 0 Å². The van der Waals surface area contributed by atoms with Crippen molar-refractivity contribution in [2.24, 2.45) is 0 Å². The van der Waals surface area contributed by atoms with Gasteiger partial charge < -0.3 is 0 Å². The van der Waals surface area contributed by atoms with Crippen LogP contribution in [0.5, 0.6) is 0 Å². The molecule has 4 nitrogen and oxygen atoms in total. The summed E-state index contributed by atoms with van der Waals surface area (Å²) in [6, 6.07) is 0. The first-order valence-corrected chi connectivity index (χ1v) is 4.04. The van der Waals surface area contributed by atoms with Crippen LogP contribution in [0.1, 0.15) is 13.8 Å². The molecule has 0 aromatic heterocycles. The number of rotatable bonds is 2. The van der Waals surface area contributed by atoms with Gasteiger partial charge in [-0.25, -0.2) is 0 Å². The van der Waals surface area contributed by atoms with E-state index in [0.29, 0.717) is 14.3 Å². The summed E-state index contributed by atoms with van der Waals surface area (Å²) in [5.41, 5.74) is -0.551. The highest BCUT2D eigenvalue weighted by Gasteiger charge is 2.39. The zero-order chi connectivity index (χ0) is 9.35. The third kappa shape index (κ3) is 1.39. The molecule has 1 aliphatic heterocycles. The Morgan fingerprint density at radius 1 is 1.25 bits per heavy atom. The Morgan fingerprint density at radius 3 is 2.00 bits per heavy atom. The molecule has 1 saturated heterocycles. The first kappa shape index (κ1) is 9.32. The highest BCUT2D eigenvalue weighted by Crippen LogP contribution is 2.14. The molecule has 0 aromatic rings. The largest absolute Gasteiger partial charge is 0.298 e. The van der Waals surface area contributed by atoms with Crippen LogP contribution in [0.25, 0.3) is 0 Å². The molecule has 0 aliphatic carbocycles. The van der Waals surface area contributed by atoms with Crippen molar-refractivity contribution in [2.75, 3.05) is 7.05 Å². The van der Waals surface area contributed by atoms with Crippen molar-refractivity contribution < 1.29 is 9.59 Å². The Hall–Kier alpha value is -0.770. The van der Waals surface area contributed by atoms with Gasteiger partial charge in [0.15, 0.2) is 11.6 Å². The van der Waals surface area contributed by atoms with Crippen molar-refractivity contribution >= 4 is 26.0 Å². The predicted octanol–water partition coefficient (Wildman–Crippen LogP) is -0.715. The van der Waals surface area contributed by atoms with Crippen molar-refractivity contribution in [1.29, 1.82) is 0 Å². The van der Waals surface area contributed by atoms with E-state index in [1.807, 2.05) is 13.8 Å². The monoisotopic (exact) mass is 166 g/mol. The fourth-order valence-electron chi connectivity index (χ4n) is 1.31. The average Bonchev–Trinajstić information content (AvgIpc) is 2.31. The second-order valence-electron chi connectivity index (χ2n) is 3.43. The maximum absolute atomic E-state index is 11.3. The SMILES string of the molecule is CNC(C)(C)N1C(=O)BBC1=O. The van der Waals surface area contributed by atoms with E-state index >= 15 is 0 Å². The fraction of sp³-hybridized carbons (Fsp3) is 0.667. The number of amides is 2. The molecule has 12 heavy (non-hydrogen) atoms. The minimum atomic E-state index is -0.551. The molecule has 2 amide bonds. The summed E-state index contributed by atoms with van der Waals surface area (Å²) in [5, 5.41) is 2.93. The summed E-state index contributed by atoms with van der Waals surface area (Å²) in [5.74, 6) is -0.168. The minimum Gasteiger partial charge on any atom is -0.298 e. The molecule has 1 heterocycles. The molecular formula is C6H12B2N2O2. The summed E-state index contributed by atoms with van der Waals surface area (Å²) in [6.07, 6.45) is 0. The van der Waals surface area contributed by atoms with Gasteiger partial charge in [-0.15, -0.1) is 0 Å². The van der Waals surface area contributed by atoms with E-state index in [4.69, 9.17) is 0 Å². The summed E-state index contributed by atoms with van der Waals surface area (Å²) in [7, 11) is 2.44. The lowest BCUT2D eigenvalue weighted by atomic mass is 9.42. The molecule has 64 valence electrons. The van der Waals surface area contributed by atoms with E-state index in [1.54, 1.807) is 7.05 Å². The molecule has 1 N–H and O–H groups in total. The van der Waals surface area contributed by atoms with Gasteiger partial charge in [-0.2, -0.15) is 0 Å². The van der Waals surface area contributed by atoms with Crippen LogP contribution in [-0.2, 0) is 0 Å². The van der Waals surface area contributed by atoms with Gasteiger partial charge in [0.05, 0.1) is 5.66 Å². The summed E-state index contributed by atoms with van der Waals surface area (Å²) in [4.78, 5) is 23.8. The Labute approximate surface area is 73.1 Å². The van der Waals surface area contributed by atoms with Gasteiger partial charge in [0.25, 0.3) is 0 Å². The molecule has 0 unspecified atom stereocenters. The Morgan fingerprint density at radius 2 is 1.67 bits per heavy atom. The summed E-state index contributed by atoms with van der Waals surface area (Å²) < 4.78 is 0.